The second kappa shape index (κ2) is 6.25. The van der Waals surface area contributed by atoms with Crippen LogP contribution < -0.4 is 5.32 Å². The molecule has 1 unspecified atom stereocenters. The van der Waals surface area contributed by atoms with Gasteiger partial charge in [0.05, 0.1) is 6.10 Å². The Balaban J connectivity index is 1.83. The van der Waals surface area contributed by atoms with E-state index in [0.29, 0.717) is 5.92 Å². The first-order chi connectivity index (χ1) is 8.66. The quantitative estimate of drug-likeness (QED) is 0.848. The first kappa shape index (κ1) is 13.4. The van der Waals surface area contributed by atoms with E-state index in [-0.39, 0.29) is 12.1 Å². The molecule has 1 atom stereocenters. The zero-order valence-electron chi connectivity index (χ0n) is 10.3. The number of rotatable bonds is 5. The number of aliphatic hydroxyl groups excluding tert-OH is 1. The van der Waals surface area contributed by atoms with Gasteiger partial charge >= 0.3 is 0 Å². The summed E-state index contributed by atoms with van der Waals surface area (Å²) in [5.74, 6) is -0.428. The van der Waals surface area contributed by atoms with Crippen LogP contribution in [0.2, 0.25) is 0 Å². The summed E-state index contributed by atoms with van der Waals surface area (Å²) in [4.78, 5) is 0. The Morgan fingerprint density at radius 1 is 1.28 bits per heavy atom. The third kappa shape index (κ3) is 3.50. The SMILES string of the molecule is OC(CNCC1CCCC1)c1cc(F)ccc1F. The molecule has 2 N–H and O–H groups in total. The summed E-state index contributed by atoms with van der Waals surface area (Å²) >= 11 is 0. The molecule has 0 heterocycles. The smallest absolute Gasteiger partial charge is 0.129 e. The van der Waals surface area contributed by atoms with E-state index in [9.17, 15) is 13.9 Å². The number of hydrogen-bond donors (Lipinski definition) is 2. The Morgan fingerprint density at radius 3 is 2.72 bits per heavy atom. The second-order valence-corrected chi connectivity index (χ2v) is 4.99. The first-order valence-electron chi connectivity index (χ1n) is 6.50. The van der Waals surface area contributed by atoms with Gasteiger partial charge in [-0.05, 0) is 43.5 Å². The largest absolute Gasteiger partial charge is 0.387 e. The van der Waals surface area contributed by atoms with Crippen LogP contribution in [0.25, 0.3) is 0 Å². The summed E-state index contributed by atoms with van der Waals surface area (Å²) in [5.41, 5.74) is 0.0221. The molecule has 0 bridgehead atoms. The summed E-state index contributed by atoms with van der Waals surface area (Å²) in [6.45, 7) is 1.10. The standard InChI is InChI=1S/C14H19F2NO/c15-11-5-6-13(16)12(7-11)14(18)9-17-8-10-3-1-2-4-10/h5-7,10,14,17-18H,1-4,8-9H2. The second-order valence-electron chi connectivity index (χ2n) is 4.99. The molecule has 1 aromatic carbocycles. The topological polar surface area (TPSA) is 32.3 Å². The van der Waals surface area contributed by atoms with Crippen LogP contribution in [-0.4, -0.2) is 18.2 Å². The van der Waals surface area contributed by atoms with E-state index in [1.165, 1.54) is 25.7 Å². The van der Waals surface area contributed by atoms with Crippen LogP contribution in [0, 0.1) is 17.6 Å². The fourth-order valence-electron chi connectivity index (χ4n) is 2.52. The predicted octanol–water partition coefficient (Wildman–Crippen LogP) is 2.78. The lowest BCUT2D eigenvalue weighted by atomic mass is 10.1. The molecule has 0 aliphatic heterocycles. The fraction of sp³-hybridized carbons (Fsp3) is 0.571. The van der Waals surface area contributed by atoms with Crippen molar-refractivity contribution in [2.75, 3.05) is 13.1 Å². The zero-order chi connectivity index (χ0) is 13.0. The van der Waals surface area contributed by atoms with Gasteiger partial charge in [0.1, 0.15) is 11.6 Å². The maximum absolute atomic E-state index is 13.4. The van der Waals surface area contributed by atoms with Crippen LogP contribution in [-0.2, 0) is 0 Å². The van der Waals surface area contributed by atoms with E-state index < -0.39 is 17.7 Å². The Labute approximate surface area is 106 Å². The zero-order valence-corrected chi connectivity index (χ0v) is 10.3. The van der Waals surface area contributed by atoms with Crippen molar-refractivity contribution in [1.82, 2.24) is 5.32 Å². The molecule has 0 aromatic heterocycles. The van der Waals surface area contributed by atoms with E-state index in [2.05, 4.69) is 5.32 Å². The van der Waals surface area contributed by atoms with E-state index in [1.807, 2.05) is 0 Å². The molecule has 18 heavy (non-hydrogen) atoms. The maximum atomic E-state index is 13.4. The Kier molecular flexibility index (Phi) is 4.66. The molecule has 1 saturated carbocycles. The van der Waals surface area contributed by atoms with Crippen LogP contribution in [0.1, 0.15) is 37.4 Å². The van der Waals surface area contributed by atoms with Gasteiger partial charge in [-0.15, -0.1) is 0 Å². The average molecular weight is 255 g/mol. The van der Waals surface area contributed by atoms with Gasteiger partial charge in [-0.1, -0.05) is 12.8 Å². The van der Waals surface area contributed by atoms with Gasteiger partial charge in [0.2, 0.25) is 0 Å². The van der Waals surface area contributed by atoms with Gasteiger partial charge in [-0.3, -0.25) is 0 Å². The summed E-state index contributed by atoms with van der Waals surface area (Å²) < 4.78 is 26.4. The lowest BCUT2D eigenvalue weighted by Crippen LogP contribution is -2.26. The number of halogens is 2. The Hall–Kier alpha value is -1.00. The maximum Gasteiger partial charge on any atom is 0.129 e. The van der Waals surface area contributed by atoms with Gasteiger partial charge in [-0.2, -0.15) is 0 Å². The highest BCUT2D eigenvalue weighted by atomic mass is 19.1. The number of benzene rings is 1. The molecule has 4 heteroatoms. The minimum atomic E-state index is -0.998. The van der Waals surface area contributed by atoms with Crippen molar-refractivity contribution in [3.8, 4) is 0 Å². The summed E-state index contributed by atoms with van der Waals surface area (Å²) in [6, 6.07) is 3.15. The normalized spacial score (nSPS) is 18.2. The van der Waals surface area contributed by atoms with Crippen molar-refractivity contribution < 1.29 is 13.9 Å². The van der Waals surface area contributed by atoms with Crippen LogP contribution in [0.5, 0.6) is 0 Å². The molecular formula is C14H19F2NO. The third-order valence-electron chi connectivity index (χ3n) is 3.56. The minimum absolute atomic E-state index is 0.0221. The van der Waals surface area contributed by atoms with Crippen molar-refractivity contribution in [2.24, 2.45) is 5.92 Å². The molecule has 0 amide bonds. The molecule has 2 nitrogen and oxygen atoms in total. The molecule has 2 rings (SSSR count). The van der Waals surface area contributed by atoms with Crippen LogP contribution >= 0.6 is 0 Å². The van der Waals surface area contributed by atoms with Crippen molar-refractivity contribution in [1.29, 1.82) is 0 Å². The predicted molar refractivity (Wildman–Crippen MR) is 66.1 cm³/mol. The fourth-order valence-corrected chi connectivity index (χ4v) is 2.52. The van der Waals surface area contributed by atoms with Crippen molar-refractivity contribution in [3.63, 3.8) is 0 Å². The highest BCUT2D eigenvalue weighted by molar-refractivity contribution is 5.21. The molecule has 1 aromatic rings. The summed E-state index contributed by atoms with van der Waals surface area (Å²) in [7, 11) is 0. The Morgan fingerprint density at radius 2 is 2.00 bits per heavy atom. The number of aliphatic hydroxyl groups is 1. The third-order valence-corrected chi connectivity index (χ3v) is 3.56. The molecule has 0 radical (unpaired) electrons. The van der Waals surface area contributed by atoms with Crippen LogP contribution in [0.4, 0.5) is 8.78 Å². The van der Waals surface area contributed by atoms with E-state index >= 15 is 0 Å². The van der Waals surface area contributed by atoms with Gasteiger partial charge in [0.15, 0.2) is 0 Å². The van der Waals surface area contributed by atoms with E-state index in [4.69, 9.17) is 0 Å². The van der Waals surface area contributed by atoms with E-state index in [1.54, 1.807) is 0 Å². The lowest BCUT2D eigenvalue weighted by molar-refractivity contribution is 0.167. The van der Waals surface area contributed by atoms with Gasteiger partial charge in [0.25, 0.3) is 0 Å². The van der Waals surface area contributed by atoms with Crippen LogP contribution in [0.15, 0.2) is 18.2 Å². The average Bonchev–Trinajstić information content (AvgIpc) is 2.85. The van der Waals surface area contributed by atoms with Crippen molar-refractivity contribution in [3.05, 3.63) is 35.4 Å². The van der Waals surface area contributed by atoms with Gasteiger partial charge < -0.3 is 10.4 Å². The minimum Gasteiger partial charge on any atom is -0.387 e. The Bertz CT molecular complexity index is 391. The van der Waals surface area contributed by atoms with Crippen molar-refractivity contribution >= 4 is 0 Å². The molecule has 0 spiro atoms. The highest BCUT2D eigenvalue weighted by Gasteiger charge is 2.17. The molecule has 0 saturated heterocycles. The van der Waals surface area contributed by atoms with Gasteiger partial charge in [0, 0.05) is 12.1 Å². The molecule has 1 aliphatic rings. The molecule has 1 aliphatic carbocycles. The summed E-state index contributed by atoms with van der Waals surface area (Å²) in [5, 5.41) is 13.0. The van der Waals surface area contributed by atoms with E-state index in [0.717, 1.165) is 24.7 Å². The number of nitrogens with one attached hydrogen (secondary N) is 1. The molecule has 100 valence electrons. The lowest BCUT2D eigenvalue weighted by Gasteiger charge is -2.15. The van der Waals surface area contributed by atoms with Crippen molar-refractivity contribution in [2.45, 2.75) is 31.8 Å². The van der Waals surface area contributed by atoms with Gasteiger partial charge in [-0.25, -0.2) is 8.78 Å². The highest BCUT2D eigenvalue weighted by Crippen LogP contribution is 2.24. The molecule has 1 fully saturated rings. The number of hydrogen-bond acceptors (Lipinski definition) is 2. The van der Waals surface area contributed by atoms with Crippen LogP contribution in [0.3, 0.4) is 0 Å². The monoisotopic (exact) mass is 255 g/mol. The molecular weight excluding hydrogens is 236 g/mol. The first-order valence-corrected chi connectivity index (χ1v) is 6.50. The summed E-state index contributed by atoms with van der Waals surface area (Å²) in [6.07, 6.45) is 3.98.